The van der Waals surface area contributed by atoms with Crippen molar-refractivity contribution in [1.82, 2.24) is 0 Å². The van der Waals surface area contributed by atoms with Gasteiger partial charge in [0.25, 0.3) is 0 Å². The highest BCUT2D eigenvalue weighted by atomic mass is 79.9. The number of aryl methyl sites for hydroxylation is 1. The molecule has 1 rings (SSSR count). The first-order valence-electron chi connectivity index (χ1n) is 4.49. The van der Waals surface area contributed by atoms with E-state index in [9.17, 15) is 9.59 Å². The number of benzene rings is 1. The number of hydrogen-bond acceptors (Lipinski definition) is 2. The summed E-state index contributed by atoms with van der Waals surface area (Å²) in [5.74, 6) is -1.67. The third kappa shape index (κ3) is 2.65. The van der Waals surface area contributed by atoms with Gasteiger partial charge in [-0.2, -0.15) is 0 Å². The van der Waals surface area contributed by atoms with E-state index in [-0.39, 0.29) is 5.78 Å². The Morgan fingerprint density at radius 3 is 2.40 bits per heavy atom. The van der Waals surface area contributed by atoms with Crippen LogP contribution in [0, 0.1) is 6.92 Å². The summed E-state index contributed by atoms with van der Waals surface area (Å²) in [6.07, 6.45) is 0. The molecular weight excluding hydrogens is 258 g/mol. The van der Waals surface area contributed by atoms with Crippen molar-refractivity contribution >= 4 is 27.6 Å². The average molecular weight is 270 g/mol. The van der Waals surface area contributed by atoms with Crippen LogP contribution in [0.4, 0.5) is 0 Å². The zero-order valence-corrected chi connectivity index (χ0v) is 10.2. The fourth-order valence-corrected chi connectivity index (χ4v) is 2.01. The van der Waals surface area contributed by atoms with Crippen molar-refractivity contribution in [2.45, 2.75) is 19.8 Å². The number of rotatable bonds is 3. The smallest absolute Gasteiger partial charge is 0.232 e. The van der Waals surface area contributed by atoms with Crippen LogP contribution in [0.5, 0.6) is 0 Å². The molecule has 0 aliphatic carbocycles. The topological polar surface area (TPSA) is 60.2 Å². The van der Waals surface area contributed by atoms with E-state index in [4.69, 9.17) is 5.73 Å². The van der Waals surface area contributed by atoms with Crippen LogP contribution in [-0.4, -0.2) is 11.7 Å². The lowest BCUT2D eigenvalue weighted by atomic mass is 9.91. The Kier molecular flexibility index (Phi) is 3.63. The van der Waals surface area contributed by atoms with E-state index in [0.29, 0.717) is 5.56 Å². The number of carbonyl (C=O) groups excluding carboxylic acids is 2. The number of carbonyl (C=O) groups is 2. The molecule has 0 aliphatic heterocycles. The number of primary amides is 1. The summed E-state index contributed by atoms with van der Waals surface area (Å²) in [4.78, 5) is 22.5. The molecular formula is C11H12BrNO2. The zero-order chi connectivity index (χ0) is 11.6. The van der Waals surface area contributed by atoms with E-state index < -0.39 is 11.8 Å². The quantitative estimate of drug-likeness (QED) is 0.853. The largest absolute Gasteiger partial charge is 0.369 e. The molecule has 1 unspecified atom stereocenters. The zero-order valence-electron chi connectivity index (χ0n) is 8.58. The molecule has 1 amide bonds. The molecule has 15 heavy (non-hydrogen) atoms. The maximum absolute atomic E-state index is 11.3. The van der Waals surface area contributed by atoms with Crippen molar-refractivity contribution in [3.63, 3.8) is 0 Å². The second-order valence-electron chi connectivity index (χ2n) is 3.45. The van der Waals surface area contributed by atoms with Crippen molar-refractivity contribution in [3.8, 4) is 0 Å². The van der Waals surface area contributed by atoms with E-state index in [2.05, 4.69) is 15.9 Å². The predicted octanol–water partition coefficient (Wildman–Crippen LogP) is 1.92. The van der Waals surface area contributed by atoms with E-state index in [1.54, 1.807) is 12.1 Å². The number of Topliss-reactive ketones (excluding diaryl/α,β-unsaturated/α-hetero) is 1. The molecule has 1 aromatic carbocycles. The van der Waals surface area contributed by atoms with Crippen LogP contribution >= 0.6 is 15.9 Å². The molecule has 0 bridgehead atoms. The van der Waals surface area contributed by atoms with Gasteiger partial charge in [0.05, 0.1) is 0 Å². The van der Waals surface area contributed by atoms with E-state index in [1.165, 1.54) is 6.92 Å². The normalized spacial score (nSPS) is 12.2. The predicted molar refractivity (Wildman–Crippen MR) is 61.5 cm³/mol. The third-order valence-corrected chi connectivity index (χ3v) is 2.73. The molecule has 80 valence electrons. The molecule has 0 radical (unpaired) electrons. The van der Waals surface area contributed by atoms with Gasteiger partial charge in [-0.15, -0.1) is 0 Å². The molecule has 0 heterocycles. The lowest BCUT2D eigenvalue weighted by Crippen LogP contribution is -2.27. The molecule has 0 saturated carbocycles. The monoisotopic (exact) mass is 269 g/mol. The van der Waals surface area contributed by atoms with Gasteiger partial charge in [-0.25, -0.2) is 0 Å². The molecule has 1 aromatic rings. The SMILES string of the molecule is CC(=O)C(C(N)=O)c1ccc(Br)cc1C. The van der Waals surface area contributed by atoms with E-state index in [1.807, 2.05) is 13.0 Å². The Morgan fingerprint density at radius 1 is 1.40 bits per heavy atom. The van der Waals surface area contributed by atoms with Gasteiger partial charge in [0.1, 0.15) is 11.7 Å². The first-order valence-corrected chi connectivity index (χ1v) is 5.28. The summed E-state index contributed by atoms with van der Waals surface area (Å²) < 4.78 is 0.913. The van der Waals surface area contributed by atoms with Crippen molar-refractivity contribution < 1.29 is 9.59 Å². The third-order valence-electron chi connectivity index (χ3n) is 2.23. The van der Waals surface area contributed by atoms with E-state index in [0.717, 1.165) is 10.0 Å². The number of ketones is 1. The van der Waals surface area contributed by atoms with Gasteiger partial charge in [0.2, 0.25) is 5.91 Å². The molecule has 0 fully saturated rings. The summed E-state index contributed by atoms with van der Waals surface area (Å²) in [5, 5.41) is 0. The van der Waals surface area contributed by atoms with Crippen molar-refractivity contribution in [2.75, 3.05) is 0 Å². The minimum Gasteiger partial charge on any atom is -0.369 e. The molecule has 0 aliphatic rings. The van der Waals surface area contributed by atoms with Crippen LogP contribution in [0.25, 0.3) is 0 Å². The average Bonchev–Trinajstić information content (AvgIpc) is 2.08. The minimum absolute atomic E-state index is 0.229. The summed E-state index contributed by atoms with van der Waals surface area (Å²) in [6.45, 7) is 3.22. The molecule has 0 spiro atoms. The Labute approximate surface area is 96.8 Å². The van der Waals surface area contributed by atoms with Crippen LogP contribution in [0.1, 0.15) is 24.0 Å². The van der Waals surface area contributed by atoms with Gasteiger partial charge < -0.3 is 5.73 Å². The fraction of sp³-hybridized carbons (Fsp3) is 0.273. The van der Waals surface area contributed by atoms with Gasteiger partial charge in [-0.3, -0.25) is 9.59 Å². The Hall–Kier alpha value is -1.16. The minimum atomic E-state index is -0.835. The number of amides is 1. The highest BCUT2D eigenvalue weighted by Crippen LogP contribution is 2.23. The van der Waals surface area contributed by atoms with Gasteiger partial charge in [-0.05, 0) is 37.1 Å². The van der Waals surface area contributed by atoms with Crippen LogP contribution in [0.3, 0.4) is 0 Å². The lowest BCUT2D eigenvalue weighted by molar-refractivity contribution is -0.127. The Balaban J connectivity index is 3.23. The van der Waals surface area contributed by atoms with Crippen LogP contribution in [0.2, 0.25) is 0 Å². The maximum atomic E-state index is 11.3. The Bertz CT molecular complexity index is 401. The summed E-state index contributed by atoms with van der Waals surface area (Å²) in [5.41, 5.74) is 6.76. The molecule has 1 atom stereocenters. The summed E-state index contributed by atoms with van der Waals surface area (Å²) in [6, 6.07) is 5.39. The molecule has 0 saturated heterocycles. The van der Waals surface area contributed by atoms with Gasteiger partial charge in [0, 0.05) is 4.47 Å². The van der Waals surface area contributed by atoms with E-state index >= 15 is 0 Å². The summed E-state index contributed by atoms with van der Waals surface area (Å²) in [7, 11) is 0. The second-order valence-corrected chi connectivity index (χ2v) is 4.36. The lowest BCUT2D eigenvalue weighted by Gasteiger charge is -2.13. The molecule has 4 heteroatoms. The molecule has 0 aromatic heterocycles. The molecule has 2 N–H and O–H groups in total. The first kappa shape index (κ1) is 11.9. The van der Waals surface area contributed by atoms with Crippen molar-refractivity contribution in [1.29, 1.82) is 0 Å². The highest BCUT2D eigenvalue weighted by molar-refractivity contribution is 9.10. The van der Waals surface area contributed by atoms with Crippen LogP contribution in [-0.2, 0) is 9.59 Å². The Morgan fingerprint density at radius 2 is 2.00 bits per heavy atom. The van der Waals surface area contributed by atoms with Crippen LogP contribution in [0.15, 0.2) is 22.7 Å². The van der Waals surface area contributed by atoms with Crippen molar-refractivity contribution in [3.05, 3.63) is 33.8 Å². The fourth-order valence-electron chi connectivity index (χ4n) is 1.54. The molecule has 3 nitrogen and oxygen atoms in total. The second kappa shape index (κ2) is 4.57. The number of halogens is 1. The first-order chi connectivity index (χ1) is 6.93. The number of hydrogen-bond donors (Lipinski definition) is 1. The van der Waals surface area contributed by atoms with Crippen LogP contribution < -0.4 is 5.73 Å². The van der Waals surface area contributed by atoms with Crippen molar-refractivity contribution in [2.24, 2.45) is 5.73 Å². The maximum Gasteiger partial charge on any atom is 0.232 e. The van der Waals surface area contributed by atoms with Gasteiger partial charge >= 0.3 is 0 Å². The van der Waals surface area contributed by atoms with Gasteiger partial charge in [0.15, 0.2) is 0 Å². The standard InChI is InChI=1S/C11H12BrNO2/c1-6-5-8(12)3-4-9(6)10(7(2)14)11(13)15/h3-5,10H,1-2H3,(H2,13,15). The highest BCUT2D eigenvalue weighted by Gasteiger charge is 2.24. The number of nitrogens with two attached hydrogens (primary N) is 1. The summed E-state index contributed by atoms with van der Waals surface area (Å²) >= 11 is 3.32. The van der Waals surface area contributed by atoms with Gasteiger partial charge in [-0.1, -0.05) is 22.0 Å².